The maximum absolute atomic E-state index is 5.66. The minimum Gasteiger partial charge on any atom is -0.446 e. The van der Waals surface area contributed by atoms with Gasteiger partial charge in [-0.25, -0.2) is 4.98 Å². The Morgan fingerprint density at radius 1 is 1.50 bits per heavy atom. The summed E-state index contributed by atoms with van der Waals surface area (Å²) in [6.07, 6.45) is 7.44. The highest BCUT2D eigenvalue weighted by atomic mass is 16.5. The normalized spacial score (nSPS) is 21.2. The van der Waals surface area contributed by atoms with E-state index in [2.05, 4.69) is 10.3 Å². The van der Waals surface area contributed by atoms with Gasteiger partial charge in [0.15, 0.2) is 5.89 Å². The van der Waals surface area contributed by atoms with Crippen LogP contribution in [0.1, 0.15) is 30.9 Å². The Morgan fingerprint density at radius 2 is 2.44 bits per heavy atom. The van der Waals surface area contributed by atoms with Gasteiger partial charge in [-0.15, -0.1) is 0 Å². The van der Waals surface area contributed by atoms with Gasteiger partial charge in [-0.3, -0.25) is 0 Å². The molecular formula is C12H20N2O2. The summed E-state index contributed by atoms with van der Waals surface area (Å²) < 4.78 is 11.3. The molecule has 1 aromatic rings. The molecule has 16 heavy (non-hydrogen) atoms. The highest BCUT2D eigenvalue weighted by Gasteiger charge is 2.17. The van der Waals surface area contributed by atoms with Gasteiger partial charge in [0, 0.05) is 19.6 Å². The first-order valence-electron chi connectivity index (χ1n) is 6.08. The van der Waals surface area contributed by atoms with Crippen LogP contribution in [0.15, 0.2) is 10.6 Å². The van der Waals surface area contributed by atoms with Crippen LogP contribution in [-0.4, -0.2) is 31.3 Å². The monoisotopic (exact) mass is 224 g/mol. The first kappa shape index (κ1) is 11.6. The standard InChI is InChI=1S/C12H20N2O2/c1-13-6-5-11-9-14-12(16-11)8-10-4-2-3-7-15-10/h9-10,13H,2-8H2,1H3. The third-order valence-electron chi connectivity index (χ3n) is 2.90. The topological polar surface area (TPSA) is 47.3 Å². The van der Waals surface area contributed by atoms with E-state index in [1.54, 1.807) is 0 Å². The molecule has 2 rings (SSSR count). The number of rotatable bonds is 5. The zero-order chi connectivity index (χ0) is 11.2. The van der Waals surface area contributed by atoms with Crippen LogP contribution in [0.2, 0.25) is 0 Å². The molecule has 1 atom stereocenters. The number of nitrogens with zero attached hydrogens (tertiary/aromatic N) is 1. The van der Waals surface area contributed by atoms with Crippen molar-refractivity contribution in [3.8, 4) is 0 Å². The van der Waals surface area contributed by atoms with Crippen LogP contribution in [-0.2, 0) is 17.6 Å². The van der Waals surface area contributed by atoms with Crippen LogP contribution in [0.25, 0.3) is 0 Å². The maximum Gasteiger partial charge on any atom is 0.196 e. The number of nitrogens with one attached hydrogen (secondary N) is 1. The van der Waals surface area contributed by atoms with Crippen molar-refractivity contribution in [2.24, 2.45) is 0 Å². The van der Waals surface area contributed by atoms with E-state index in [0.29, 0.717) is 6.10 Å². The Hall–Kier alpha value is -0.870. The maximum atomic E-state index is 5.66. The molecule has 1 unspecified atom stereocenters. The Kier molecular flexibility index (Phi) is 4.36. The Labute approximate surface area is 96.4 Å². The molecule has 0 saturated carbocycles. The van der Waals surface area contributed by atoms with E-state index in [1.165, 1.54) is 12.8 Å². The Morgan fingerprint density at radius 3 is 3.19 bits per heavy atom. The van der Waals surface area contributed by atoms with Crippen LogP contribution in [0.4, 0.5) is 0 Å². The van der Waals surface area contributed by atoms with Crippen molar-refractivity contribution in [3.63, 3.8) is 0 Å². The third-order valence-corrected chi connectivity index (χ3v) is 2.90. The van der Waals surface area contributed by atoms with Crippen LogP contribution < -0.4 is 5.32 Å². The second-order valence-electron chi connectivity index (χ2n) is 4.27. The molecule has 1 aliphatic heterocycles. The number of hydrogen-bond donors (Lipinski definition) is 1. The van der Waals surface area contributed by atoms with Crippen LogP contribution in [0.3, 0.4) is 0 Å². The van der Waals surface area contributed by atoms with Crippen LogP contribution >= 0.6 is 0 Å². The highest BCUT2D eigenvalue weighted by Crippen LogP contribution is 2.17. The molecule has 0 bridgehead atoms. The number of ether oxygens (including phenoxy) is 1. The number of oxazole rings is 1. The van der Waals surface area contributed by atoms with Gasteiger partial charge in [-0.2, -0.15) is 0 Å². The summed E-state index contributed by atoms with van der Waals surface area (Å²) in [5, 5.41) is 3.09. The molecule has 4 nitrogen and oxygen atoms in total. The molecule has 1 aromatic heterocycles. The largest absolute Gasteiger partial charge is 0.446 e. The van der Waals surface area contributed by atoms with Crippen molar-refractivity contribution in [2.75, 3.05) is 20.2 Å². The zero-order valence-corrected chi connectivity index (χ0v) is 9.87. The van der Waals surface area contributed by atoms with Gasteiger partial charge in [0.2, 0.25) is 0 Å². The molecule has 2 heterocycles. The average molecular weight is 224 g/mol. The van der Waals surface area contributed by atoms with Gasteiger partial charge < -0.3 is 14.5 Å². The lowest BCUT2D eigenvalue weighted by molar-refractivity contribution is 0.0130. The van der Waals surface area contributed by atoms with Gasteiger partial charge in [-0.05, 0) is 26.3 Å². The van der Waals surface area contributed by atoms with Gasteiger partial charge >= 0.3 is 0 Å². The molecule has 0 spiro atoms. The van der Waals surface area contributed by atoms with E-state index in [4.69, 9.17) is 9.15 Å². The zero-order valence-electron chi connectivity index (χ0n) is 9.87. The second-order valence-corrected chi connectivity index (χ2v) is 4.27. The predicted octanol–water partition coefficient (Wildman–Crippen LogP) is 1.55. The van der Waals surface area contributed by atoms with Crippen molar-refractivity contribution < 1.29 is 9.15 Å². The summed E-state index contributed by atoms with van der Waals surface area (Å²) >= 11 is 0. The summed E-state index contributed by atoms with van der Waals surface area (Å²) in [5.41, 5.74) is 0. The summed E-state index contributed by atoms with van der Waals surface area (Å²) in [7, 11) is 1.94. The van der Waals surface area contributed by atoms with E-state index in [0.717, 1.165) is 44.1 Å². The fraction of sp³-hybridized carbons (Fsp3) is 0.750. The molecule has 0 aliphatic carbocycles. The van der Waals surface area contributed by atoms with E-state index in [1.807, 2.05) is 13.2 Å². The van der Waals surface area contributed by atoms with Gasteiger partial charge in [-0.1, -0.05) is 0 Å². The van der Waals surface area contributed by atoms with E-state index >= 15 is 0 Å². The minimum atomic E-state index is 0.310. The summed E-state index contributed by atoms with van der Waals surface area (Å²) in [5.74, 6) is 1.78. The van der Waals surface area contributed by atoms with Gasteiger partial charge in [0.1, 0.15) is 5.76 Å². The molecule has 1 saturated heterocycles. The van der Waals surface area contributed by atoms with Crippen molar-refractivity contribution in [1.82, 2.24) is 10.3 Å². The molecule has 1 fully saturated rings. The Balaban J connectivity index is 1.81. The summed E-state index contributed by atoms with van der Waals surface area (Å²) in [4.78, 5) is 4.29. The fourth-order valence-corrected chi connectivity index (χ4v) is 1.97. The Bertz CT molecular complexity index is 306. The van der Waals surface area contributed by atoms with Gasteiger partial charge in [0.05, 0.1) is 18.7 Å². The van der Waals surface area contributed by atoms with E-state index in [-0.39, 0.29) is 0 Å². The molecule has 0 aromatic carbocycles. The smallest absolute Gasteiger partial charge is 0.196 e. The fourth-order valence-electron chi connectivity index (χ4n) is 1.97. The lowest BCUT2D eigenvalue weighted by atomic mass is 10.1. The average Bonchev–Trinajstić information content (AvgIpc) is 2.75. The quantitative estimate of drug-likeness (QED) is 0.824. The van der Waals surface area contributed by atoms with Crippen LogP contribution in [0.5, 0.6) is 0 Å². The first-order chi connectivity index (χ1) is 7.88. The molecular weight excluding hydrogens is 204 g/mol. The highest BCUT2D eigenvalue weighted by molar-refractivity contribution is 4.96. The summed E-state index contributed by atoms with van der Waals surface area (Å²) in [6, 6.07) is 0. The van der Waals surface area contributed by atoms with Crippen molar-refractivity contribution in [2.45, 2.75) is 38.2 Å². The van der Waals surface area contributed by atoms with Gasteiger partial charge in [0.25, 0.3) is 0 Å². The number of hydrogen-bond acceptors (Lipinski definition) is 4. The summed E-state index contributed by atoms with van der Waals surface area (Å²) in [6.45, 7) is 1.81. The van der Waals surface area contributed by atoms with Crippen molar-refractivity contribution in [1.29, 1.82) is 0 Å². The second kappa shape index (κ2) is 6.01. The minimum absolute atomic E-state index is 0.310. The third kappa shape index (κ3) is 3.32. The molecule has 4 heteroatoms. The number of aromatic nitrogens is 1. The van der Waals surface area contributed by atoms with E-state index < -0.39 is 0 Å². The molecule has 0 radical (unpaired) electrons. The molecule has 1 N–H and O–H groups in total. The first-order valence-corrected chi connectivity index (χ1v) is 6.08. The molecule has 1 aliphatic rings. The number of likely N-dealkylation sites (N-methyl/N-ethyl adjacent to an activating group) is 1. The van der Waals surface area contributed by atoms with Crippen LogP contribution in [0, 0.1) is 0 Å². The lowest BCUT2D eigenvalue weighted by Crippen LogP contribution is -2.21. The SMILES string of the molecule is CNCCc1cnc(CC2CCCCO2)o1. The molecule has 0 amide bonds. The molecule has 90 valence electrons. The van der Waals surface area contributed by atoms with Crippen molar-refractivity contribution in [3.05, 3.63) is 17.8 Å². The van der Waals surface area contributed by atoms with Crippen molar-refractivity contribution >= 4 is 0 Å². The predicted molar refractivity (Wildman–Crippen MR) is 61.4 cm³/mol. The van der Waals surface area contributed by atoms with E-state index in [9.17, 15) is 0 Å². The lowest BCUT2D eigenvalue weighted by Gasteiger charge is -2.20.